The van der Waals surface area contributed by atoms with Crippen molar-refractivity contribution in [2.45, 2.75) is 50.7 Å². The molecule has 2 heterocycles. The summed E-state index contributed by atoms with van der Waals surface area (Å²) in [5.74, 6) is 0. The molecule has 0 saturated carbocycles. The lowest BCUT2D eigenvalue weighted by Gasteiger charge is -2.30. The quantitative estimate of drug-likeness (QED) is 0.682. The van der Waals surface area contributed by atoms with Crippen LogP contribution < -0.4 is 0 Å². The van der Waals surface area contributed by atoms with Gasteiger partial charge in [-0.2, -0.15) is 0 Å². The number of hydrogen-bond acceptors (Lipinski definition) is 2. The van der Waals surface area contributed by atoms with E-state index in [1.54, 1.807) is 0 Å². The molecule has 0 N–H and O–H groups in total. The van der Waals surface area contributed by atoms with E-state index in [1.165, 1.54) is 25.7 Å². The predicted octanol–water partition coefficient (Wildman–Crippen LogP) is 3.24. The van der Waals surface area contributed by atoms with E-state index in [0.717, 1.165) is 37.2 Å². The van der Waals surface area contributed by atoms with Gasteiger partial charge in [0.15, 0.2) is 0 Å². The van der Waals surface area contributed by atoms with Gasteiger partial charge in [-0.05, 0) is 49.7 Å². The molecular formula is C14H22O2. The molecule has 2 fully saturated rings. The maximum Gasteiger partial charge on any atom is 0.0822 e. The van der Waals surface area contributed by atoms with Gasteiger partial charge in [0.2, 0.25) is 0 Å². The Hall–Kier alpha value is -0.600. The second-order valence-corrected chi connectivity index (χ2v) is 4.76. The van der Waals surface area contributed by atoms with Crippen molar-refractivity contribution in [2.75, 3.05) is 13.2 Å². The molecule has 2 aliphatic rings. The molecule has 0 spiro atoms. The molecule has 90 valence electrons. The Bertz CT molecular complexity index is 230. The molecule has 0 radical (unpaired) electrons. The van der Waals surface area contributed by atoms with Crippen LogP contribution in [0.5, 0.6) is 0 Å². The molecule has 2 aliphatic heterocycles. The third-order valence-corrected chi connectivity index (χ3v) is 3.55. The van der Waals surface area contributed by atoms with E-state index in [-0.39, 0.29) is 12.2 Å². The summed E-state index contributed by atoms with van der Waals surface area (Å²) < 4.78 is 11.5. The first-order chi connectivity index (χ1) is 7.79. The first-order valence-corrected chi connectivity index (χ1v) is 6.40. The lowest BCUT2D eigenvalue weighted by atomic mass is 9.91. The van der Waals surface area contributed by atoms with Crippen LogP contribution in [0, 0.1) is 0 Å². The third kappa shape index (κ3) is 2.74. The van der Waals surface area contributed by atoms with Crippen molar-refractivity contribution in [2.24, 2.45) is 0 Å². The van der Waals surface area contributed by atoms with E-state index in [4.69, 9.17) is 9.47 Å². The predicted molar refractivity (Wildman–Crippen MR) is 65.5 cm³/mol. The molecule has 16 heavy (non-hydrogen) atoms. The van der Waals surface area contributed by atoms with E-state index in [2.05, 4.69) is 13.2 Å². The van der Waals surface area contributed by atoms with Gasteiger partial charge in [-0.25, -0.2) is 0 Å². The van der Waals surface area contributed by atoms with Crippen molar-refractivity contribution >= 4 is 0 Å². The first-order valence-electron chi connectivity index (χ1n) is 6.40. The molecule has 0 aliphatic carbocycles. The fourth-order valence-corrected chi connectivity index (χ4v) is 2.44. The van der Waals surface area contributed by atoms with Crippen molar-refractivity contribution in [3.05, 3.63) is 24.3 Å². The van der Waals surface area contributed by atoms with Crippen molar-refractivity contribution in [1.82, 2.24) is 0 Å². The highest BCUT2D eigenvalue weighted by molar-refractivity contribution is 5.32. The van der Waals surface area contributed by atoms with Gasteiger partial charge in [-0.3, -0.25) is 0 Å². The Morgan fingerprint density at radius 2 is 1.19 bits per heavy atom. The van der Waals surface area contributed by atoms with Crippen LogP contribution in [-0.4, -0.2) is 25.4 Å². The normalized spacial score (nSPS) is 31.0. The van der Waals surface area contributed by atoms with Crippen molar-refractivity contribution < 1.29 is 9.47 Å². The van der Waals surface area contributed by atoms with Crippen molar-refractivity contribution in [1.29, 1.82) is 0 Å². The zero-order chi connectivity index (χ0) is 11.4. The van der Waals surface area contributed by atoms with Gasteiger partial charge in [-0.1, -0.05) is 13.2 Å². The Labute approximate surface area is 98.3 Å². The average Bonchev–Trinajstić information content (AvgIpc) is 2.39. The fraction of sp³-hybridized carbons (Fsp3) is 0.714. The highest BCUT2D eigenvalue weighted by Gasteiger charge is 2.24. The second kappa shape index (κ2) is 5.65. The Kier molecular flexibility index (Phi) is 4.19. The van der Waals surface area contributed by atoms with Crippen LogP contribution in [0.15, 0.2) is 24.3 Å². The summed E-state index contributed by atoms with van der Waals surface area (Å²) in [4.78, 5) is 0. The third-order valence-electron chi connectivity index (χ3n) is 3.55. The van der Waals surface area contributed by atoms with Crippen LogP contribution in [0.25, 0.3) is 0 Å². The second-order valence-electron chi connectivity index (χ2n) is 4.76. The van der Waals surface area contributed by atoms with Crippen LogP contribution in [0.1, 0.15) is 38.5 Å². The molecule has 0 aromatic carbocycles. The molecule has 2 nitrogen and oxygen atoms in total. The summed E-state index contributed by atoms with van der Waals surface area (Å²) in [7, 11) is 0. The smallest absolute Gasteiger partial charge is 0.0822 e. The van der Waals surface area contributed by atoms with E-state index in [9.17, 15) is 0 Å². The average molecular weight is 222 g/mol. The van der Waals surface area contributed by atoms with Gasteiger partial charge in [0, 0.05) is 13.2 Å². The standard InChI is InChI=1S/C14H22O2/c1-11(13-7-3-5-9-15-13)12(2)14-8-4-6-10-16-14/h13-14H,1-10H2. The minimum atomic E-state index is 0.187. The Balaban J connectivity index is 1.89. The van der Waals surface area contributed by atoms with Gasteiger partial charge in [0.05, 0.1) is 12.2 Å². The lowest BCUT2D eigenvalue weighted by molar-refractivity contribution is 0.0242. The maximum atomic E-state index is 5.74. The first kappa shape index (κ1) is 11.9. The van der Waals surface area contributed by atoms with E-state index < -0.39 is 0 Å². The monoisotopic (exact) mass is 222 g/mol. The van der Waals surface area contributed by atoms with Crippen LogP contribution in [-0.2, 0) is 9.47 Å². The van der Waals surface area contributed by atoms with Gasteiger partial charge in [0.1, 0.15) is 0 Å². The van der Waals surface area contributed by atoms with Gasteiger partial charge >= 0.3 is 0 Å². The Morgan fingerprint density at radius 3 is 1.50 bits per heavy atom. The summed E-state index contributed by atoms with van der Waals surface area (Å²) in [5, 5.41) is 0. The topological polar surface area (TPSA) is 18.5 Å². The highest BCUT2D eigenvalue weighted by Crippen LogP contribution is 2.29. The van der Waals surface area contributed by atoms with E-state index in [1.807, 2.05) is 0 Å². The zero-order valence-electron chi connectivity index (χ0n) is 10.0. The van der Waals surface area contributed by atoms with E-state index >= 15 is 0 Å². The molecule has 2 atom stereocenters. The number of rotatable bonds is 3. The maximum absolute atomic E-state index is 5.74. The summed E-state index contributed by atoms with van der Waals surface area (Å²) in [6.07, 6.45) is 7.38. The highest BCUT2D eigenvalue weighted by atomic mass is 16.5. The van der Waals surface area contributed by atoms with Crippen molar-refractivity contribution in [3.63, 3.8) is 0 Å². The van der Waals surface area contributed by atoms with E-state index in [0.29, 0.717) is 0 Å². The minimum absolute atomic E-state index is 0.187. The zero-order valence-corrected chi connectivity index (χ0v) is 10.0. The summed E-state index contributed by atoms with van der Waals surface area (Å²) in [6.45, 7) is 10.0. The number of ether oxygens (including phenoxy) is 2. The van der Waals surface area contributed by atoms with Crippen LogP contribution in [0.4, 0.5) is 0 Å². The molecule has 2 heteroatoms. The van der Waals surface area contributed by atoms with Crippen LogP contribution in [0.3, 0.4) is 0 Å². The number of hydrogen-bond donors (Lipinski definition) is 0. The lowest BCUT2D eigenvalue weighted by Crippen LogP contribution is -2.28. The van der Waals surface area contributed by atoms with Crippen molar-refractivity contribution in [3.8, 4) is 0 Å². The van der Waals surface area contributed by atoms with Crippen LogP contribution in [0.2, 0.25) is 0 Å². The molecule has 0 bridgehead atoms. The summed E-state index contributed by atoms with van der Waals surface area (Å²) in [5.41, 5.74) is 2.12. The SMILES string of the molecule is C=C(C(=C)C1CCCCO1)C1CCCCO1. The van der Waals surface area contributed by atoms with Gasteiger partial charge < -0.3 is 9.47 Å². The molecule has 2 rings (SSSR count). The van der Waals surface area contributed by atoms with Gasteiger partial charge in [-0.15, -0.1) is 0 Å². The summed E-state index contributed by atoms with van der Waals surface area (Å²) in [6, 6.07) is 0. The largest absolute Gasteiger partial charge is 0.374 e. The Morgan fingerprint density at radius 1 is 0.750 bits per heavy atom. The molecule has 0 aromatic rings. The molecule has 0 aromatic heterocycles. The fourth-order valence-electron chi connectivity index (χ4n) is 2.44. The molecule has 2 unspecified atom stereocenters. The minimum Gasteiger partial charge on any atom is -0.374 e. The molecule has 2 saturated heterocycles. The molecular weight excluding hydrogens is 200 g/mol. The molecule has 0 amide bonds. The van der Waals surface area contributed by atoms with Crippen LogP contribution >= 0.6 is 0 Å². The van der Waals surface area contributed by atoms with Gasteiger partial charge in [0.25, 0.3) is 0 Å². The summed E-state index contributed by atoms with van der Waals surface area (Å²) >= 11 is 0.